The molecule has 0 fully saturated rings. The number of halogens is 1. The third-order valence-corrected chi connectivity index (χ3v) is 6.74. The van der Waals surface area contributed by atoms with E-state index in [4.69, 9.17) is 27.7 Å². The number of benzene rings is 2. The zero-order valence-corrected chi connectivity index (χ0v) is 20.2. The van der Waals surface area contributed by atoms with Crippen LogP contribution in [0.15, 0.2) is 42.5 Å². The Morgan fingerprint density at radius 3 is 2.61 bits per heavy atom. The van der Waals surface area contributed by atoms with Crippen LogP contribution in [0.2, 0.25) is 5.02 Å². The van der Waals surface area contributed by atoms with Gasteiger partial charge in [0.15, 0.2) is 5.13 Å². The van der Waals surface area contributed by atoms with Crippen molar-refractivity contribution in [3.8, 4) is 29.4 Å². The first-order valence-corrected chi connectivity index (χ1v) is 11.8. The number of anilines is 1. The van der Waals surface area contributed by atoms with Crippen molar-refractivity contribution in [2.45, 2.75) is 46.1 Å². The molecule has 1 atom stereocenters. The number of nitrogens with zero attached hydrogens (tertiary/aromatic N) is 2. The smallest absolute Gasteiger partial charge is 0.187 e. The predicted molar refractivity (Wildman–Crippen MR) is 133 cm³/mol. The first-order chi connectivity index (χ1) is 15.0. The van der Waals surface area contributed by atoms with Crippen LogP contribution in [0.5, 0.6) is 5.75 Å². The largest absolute Gasteiger partial charge is 0.496 e. The van der Waals surface area contributed by atoms with Gasteiger partial charge in [-0.1, -0.05) is 67.6 Å². The summed E-state index contributed by atoms with van der Waals surface area (Å²) in [5, 5.41) is 1.57. The van der Waals surface area contributed by atoms with Crippen LogP contribution in [0.25, 0.3) is 11.3 Å². The lowest BCUT2D eigenvalue weighted by Crippen LogP contribution is -2.29. The summed E-state index contributed by atoms with van der Waals surface area (Å²) in [6.45, 7) is 6.82. The lowest BCUT2D eigenvalue weighted by atomic mass is 10.00. The molecule has 3 aromatic rings. The van der Waals surface area contributed by atoms with Crippen molar-refractivity contribution >= 4 is 28.1 Å². The summed E-state index contributed by atoms with van der Waals surface area (Å²) >= 11 is 8.27. The van der Waals surface area contributed by atoms with E-state index in [2.05, 4.69) is 48.9 Å². The Morgan fingerprint density at radius 2 is 1.97 bits per heavy atom. The van der Waals surface area contributed by atoms with Crippen LogP contribution in [-0.4, -0.2) is 18.6 Å². The van der Waals surface area contributed by atoms with Crippen molar-refractivity contribution < 1.29 is 4.74 Å². The second-order valence-corrected chi connectivity index (χ2v) is 9.19. The highest BCUT2D eigenvalue weighted by atomic mass is 35.5. The number of terminal acetylenes is 1. The normalized spacial score (nSPS) is 11.7. The molecule has 2 aromatic carbocycles. The first-order valence-electron chi connectivity index (χ1n) is 10.6. The van der Waals surface area contributed by atoms with Crippen LogP contribution >= 0.6 is 22.9 Å². The third kappa shape index (κ3) is 5.23. The van der Waals surface area contributed by atoms with Gasteiger partial charge in [-0.3, -0.25) is 0 Å². The van der Waals surface area contributed by atoms with Crippen LogP contribution in [0, 0.1) is 26.2 Å². The molecule has 1 aromatic heterocycles. The van der Waals surface area contributed by atoms with Crippen molar-refractivity contribution in [2.24, 2.45) is 0 Å². The summed E-state index contributed by atoms with van der Waals surface area (Å²) < 4.78 is 5.41. The number of rotatable bonds is 9. The molecule has 0 amide bonds. The summed E-state index contributed by atoms with van der Waals surface area (Å²) in [5.74, 6) is 3.62. The number of aromatic nitrogens is 1. The molecule has 162 valence electrons. The number of ether oxygens (including phenoxy) is 1. The van der Waals surface area contributed by atoms with Crippen LogP contribution in [0.3, 0.4) is 0 Å². The van der Waals surface area contributed by atoms with Crippen LogP contribution < -0.4 is 9.64 Å². The molecule has 3 nitrogen and oxygen atoms in total. The molecule has 31 heavy (non-hydrogen) atoms. The minimum absolute atomic E-state index is 0.184. The highest BCUT2D eigenvalue weighted by Crippen LogP contribution is 2.41. The molecule has 1 unspecified atom stereocenters. The van der Waals surface area contributed by atoms with Crippen molar-refractivity contribution in [2.75, 3.05) is 18.6 Å². The van der Waals surface area contributed by atoms with Crippen molar-refractivity contribution in [1.29, 1.82) is 0 Å². The Kier molecular flexibility index (Phi) is 8.01. The van der Waals surface area contributed by atoms with Gasteiger partial charge in [-0.15, -0.1) is 17.8 Å². The molecule has 0 radical (unpaired) electrons. The quantitative estimate of drug-likeness (QED) is 0.315. The highest BCUT2D eigenvalue weighted by molar-refractivity contribution is 7.16. The fourth-order valence-electron chi connectivity index (χ4n) is 3.80. The predicted octanol–water partition coefficient (Wildman–Crippen LogP) is 7.46. The van der Waals surface area contributed by atoms with E-state index < -0.39 is 0 Å². The Labute approximate surface area is 195 Å². The van der Waals surface area contributed by atoms with Crippen LogP contribution in [0.4, 0.5) is 5.13 Å². The van der Waals surface area contributed by atoms with Gasteiger partial charge in [0, 0.05) is 10.4 Å². The molecule has 5 heteroatoms. The van der Waals surface area contributed by atoms with Gasteiger partial charge in [-0.25, -0.2) is 4.98 Å². The molecule has 3 rings (SSSR count). The summed E-state index contributed by atoms with van der Waals surface area (Å²) in [6, 6.07) is 14.7. The second kappa shape index (κ2) is 10.7. The summed E-state index contributed by atoms with van der Waals surface area (Å²) in [4.78, 5) is 8.41. The second-order valence-electron chi connectivity index (χ2n) is 7.60. The summed E-state index contributed by atoms with van der Waals surface area (Å²) in [6.07, 6.45) is 9.08. The van der Waals surface area contributed by atoms with Gasteiger partial charge in [0.1, 0.15) is 5.75 Å². The number of thiazole rings is 1. The van der Waals surface area contributed by atoms with Crippen molar-refractivity contribution in [3.05, 3.63) is 63.5 Å². The lowest BCUT2D eigenvalue weighted by Gasteiger charge is -2.30. The van der Waals surface area contributed by atoms with Gasteiger partial charge in [-0.2, -0.15) is 0 Å². The summed E-state index contributed by atoms with van der Waals surface area (Å²) in [5.41, 5.74) is 4.12. The molecule has 0 aliphatic rings. The van der Waals surface area contributed by atoms with Gasteiger partial charge < -0.3 is 9.64 Å². The van der Waals surface area contributed by atoms with E-state index in [0.29, 0.717) is 11.6 Å². The van der Waals surface area contributed by atoms with Gasteiger partial charge in [0.25, 0.3) is 0 Å². The molecular formula is C26H29ClN2OS. The van der Waals surface area contributed by atoms with Gasteiger partial charge >= 0.3 is 0 Å². The van der Waals surface area contributed by atoms with Crippen LogP contribution in [0.1, 0.15) is 48.2 Å². The maximum atomic E-state index is 6.60. The number of unbranched alkanes of at least 4 members (excludes halogenated alkanes) is 1. The lowest BCUT2D eigenvalue weighted by molar-refractivity contribution is 0.412. The Balaban J connectivity index is 2.05. The number of hydrogen-bond acceptors (Lipinski definition) is 4. The highest BCUT2D eigenvalue weighted by Gasteiger charge is 2.24. The zero-order valence-electron chi connectivity index (χ0n) is 18.6. The maximum absolute atomic E-state index is 6.60. The van der Waals surface area contributed by atoms with E-state index in [1.165, 1.54) is 5.56 Å². The van der Waals surface area contributed by atoms with E-state index in [1.807, 2.05) is 25.1 Å². The molecule has 0 aliphatic carbocycles. The van der Waals surface area contributed by atoms with Crippen molar-refractivity contribution in [1.82, 2.24) is 4.98 Å². The zero-order chi connectivity index (χ0) is 22.4. The molecule has 1 heterocycles. The van der Waals surface area contributed by atoms with Crippen molar-refractivity contribution in [3.63, 3.8) is 0 Å². The SMILES string of the molecule is C#CCN(c1nc(-c2cc(C)c(OC)cc2Cl)c(C)s1)C(CCCC)c1ccccc1. The van der Waals surface area contributed by atoms with Crippen LogP contribution in [-0.2, 0) is 0 Å². The average molecular weight is 453 g/mol. The van der Waals surface area contributed by atoms with E-state index in [-0.39, 0.29) is 6.04 Å². The van der Waals surface area contributed by atoms with Gasteiger partial charge in [0.05, 0.1) is 30.4 Å². The fraction of sp³-hybridized carbons (Fsp3) is 0.346. The molecule has 0 saturated carbocycles. The van der Waals surface area contributed by atoms with E-state index >= 15 is 0 Å². The molecule has 0 saturated heterocycles. The number of aryl methyl sites for hydroxylation is 2. The van der Waals surface area contributed by atoms with E-state index in [1.54, 1.807) is 18.4 Å². The molecule has 0 bridgehead atoms. The minimum atomic E-state index is 0.184. The summed E-state index contributed by atoms with van der Waals surface area (Å²) in [7, 11) is 1.66. The van der Waals surface area contributed by atoms with Gasteiger partial charge in [-0.05, 0) is 43.5 Å². The molecule has 0 spiro atoms. The molecule has 0 aliphatic heterocycles. The maximum Gasteiger partial charge on any atom is 0.187 e. The number of hydrogen-bond donors (Lipinski definition) is 0. The number of methoxy groups -OCH3 is 1. The van der Waals surface area contributed by atoms with E-state index in [9.17, 15) is 0 Å². The Morgan fingerprint density at radius 1 is 1.23 bits per heavy atom. The topological polar surface area (TPSA) is 25.4 Å². The standard InChI is InChI=1S/C26H29ClN2OS/c1-6-8-14-23(20-12-10-9-11-13-20)29(15-7-2)26-28-25(19(4)31-26)21-16-18(3)24(30-5)17-22(21)27/h2,9-13,16-17,23H,6,8,14-15H2,1,3-5H3. The van der Waals surface area contributed by atoms with Gasteiger partial charge in [0.2, 0.25) is 0 Å². The average Bonchev–Trinajstić information content (AvgIpc) is 3.16. The first kappa shape index (κ1) is 23.2. The fourth-order valence-corrected chi connectivity index (χ4v) is 5.02. The molecular weight excluding hydrogens is 424 g/mol. The third-order valence-electron chi connectivity index (χ3n) is 5.42. The van der Waals surface area contributed by atoms with E-state index in [0.717, 1.165) is 51.8 Å². The Bertz CT molecular complexity index is 1060. The Hall–Kier alpha value is -2.48. The molecule has 0 N–H and O–H groups in total. The monoisotopic (exact) mass is 452 g/mol. The minimum Gasteiger partial charge on any atom is -0.496 e.